The second-order valence-electron chi connectivity index (χ2n) is 5.07. The third kappa shape index (κ3) is 2.03. The van der Waals surface area contributed by atoms with Gasteiger partial charge in [-0.3, -0.25) is 0 Å². The second kappa shape index (κ2) is 4.45. The maximum absolute atomic E-state index is 5.96. The summed E-state index contributed by atoms with van der Waals surface area (Å²) < 4.78 is 27.8. The van der Waals surface area contributed by atoms with Gasteiger partial charge >= 0.3 is 0 Å². The molecule has 0 N–H and O–H groups in total. The zero-order valence-corrected chi connectivity index (χ0v) is 10.7. The molecule has 0 radical (unpaired) electrons. The van der Waals surface area contributed by atoms with Crippen LogP contribution in [-0.4, -0.2) is 44.4 Å². The van der Waals surface area contributed by atoms with Gasteiger partial charge < -0.3 is 23.7 Å². The number of methoxy groups -OCH3 is 1. The van der Waals surface area contributed by atoms with Crippen molar-refractivity contribution in [2.75, 3.05) is 13.7 Å². The number of hydrogen-bond acceptors (Lipinski definition) is 5. The highest BCUT2D eigenvalue weighted by atomic mass is 16.8. The van der Waals surface area contributed by atoms with E-state index in [4.69, 9.17) is 23.7 Å². The van der Waals surface area contributed by atoms with Gasteiger partial charge in [-0.05, 0) is 17.7 Å². The van der Waals surface area contributed by atoms with E-state index in [1.807, 2.05) is 24.3 Å². The molecule has 0 amide bonds. The largest absolute Gasteiger partial charge is 0.497 e. The highest BCUT2D eigenvalue weighted by Crippen LogP contribution is 2.43. The number of ether oxygens (including phenoxy) is 5. The molecule has 3 heterocycles. The highest BCUT2D eigenvalue weighted by Gasteiger charge is 2.62. The molecule has 19 heavy (non-hydrogen) atoms. The molecule has 102 valence electrons. The Bertz CT molecular complexity index is 459. The molecule has 0 spiro atoms. The zero-order valence-electron chi connectivity index (χ0n) is 10.7. The van der Waals surface area contributed by atoms with Gasteiger partial charge in [-0.25, -0.2) is 0 Å². The Morgan fingerprint density at radius 1 is 1.16 bits per heavy atom. The van der Waals surface area contributed by atoms with Crippen molar-refractivity contribution >= 4 is 0 Å². The van der Waals surface area contributed by atoms with E-state index in [9.17, 15) is 0 Å². The minimum atomic E-state index is -0.171. The molecule has 0 aromatic heterocycles. The standard InChI is InChI=1S/C14H16O5/c1-15-9-4-2-8(3-5-9)6-16-11-10-7-17-14(18-10)13-12(11)19-13/h2-5,10-14H,6-7H2,1H3/t10-,11+,12-,13-,14-/m0/s1. The van der Waals surface area contributed by atoms with Crippen molar-refractivity contribution in [2.24, 2.45) is 0 Å². The predicted octanol–water partition coefficient (Wildman–Crippen LogP) is 1.10. The van der Waals surface area contributed by atoms with Gasteiger partial charge in [-0.2, -0.15) is 0 Å². The Balaban J connectivity index is 1.39. The first kappa shape index (κ1) is 11.7. The third-order valence-electron chi connectivity index (χ3n) is 3.86. The summed E-state index contributed by atoms with van der Waals surface area (Å²) in [6.07, 6.45) is 0.0257. The summed E-state index contributed by atoms with van der Waals surface area (Å²) >= 11 is 0. The van der Waals surface area contributed by atoms with Crippen molar-refractivity contribution in [3.05, 3.63) is 29.8 Å². The summed E-state index contributed by atoms with van der Waals surface area (Å²) in [5.74, 6) is 0.849. The van der Waals surface area contributed by atoms with Crippen molar-refractivity contribution in [2.45, 2.75) is 37.3 Å². The Kier molecular flexibility index (Phi) is 2.73. The number of hydrogen-bond donors (Lipinski definition) is 0. The van der Waals surface area contributed by atoms with Crippen LogP contribution >= 0.6 is 0 Å². The molecule has 0 saturated carbocycles. The molecule has 3 aliphatic rings. The van der Waals surface area contributed by atoms with Crippen LogP contribution in [0.25, 0.3) is 0 Å². The van der Waals surface area contributed by atoms with E-state index in [1.54, 1.807) is 7.11 Å². The summed E-state index contributed by atoms with van der Waals surface area (Å²) in [7, 11) is 1.66. The van der Waals surface area contributed by atoms with Gasteiger partial charge in [0.15, 0.2) is 6.29 Å². The van der Waals surface area contributed by atoms with Crippen molar-refractivity contribution < 1.29 is 23.7 Å². The van der Waals surface area contributed by atoms with Crippen molar-refractivity contribution in [3.8, 4) is 5.75 Å². The summed E-state index contributed by atoms with van der Waals surface area (Å²) in [5, 5.41) is 0. The fourth-order valence-electron chi connectivity index (χ4n) is 2.73. The molecule has 2 bridgehead atoms. The molecule has 3 aliphatic heterocycles. The van der Waals surface area contributed by atoms with Gasteiger partial charge in [0.25, 0.3) is 0 Å². The molecule has 3 saturated heterocycles. The maximum Gasteiger partial charge on any atom is 0.187 e. The third-order valence-corrected chi connectivity index (χ3v) is 3.86. The summed E-state index contributed by atoms with van der Waals surface area (Å²) in [4.78, 5) is 0. The summed E-state index contributed by atoms with van der Waals surface area (Å²) in [5.41, 5.74) is 1.11. The van der Waals surface area contributed by atoms with E-state index in [1.165, 1.54) is 0 Å². The minimum Gasteiger partial charge on any atom is -0.497 e. The Hall–Kier alpha value is -1.14. The van der Waals surface area contributed by atoms with Gasteiger partial charge in [-0.1, -0.05) is 12.1 Å². The molecule has 0 aliphatic carbocycles. The van der Waals surface area contributed by atoms with E-state index < -0.39 is 0 Å². The molecule has 5 nitrogen and oxygen atoms in total. The number of fused-ring (bicyclic) bond motifs is 4. The average Bonchev–Trinajstić information content (AvgIpc) is 3.14. The Morgan fingerprint density at radius 2 is 2.00 bits per heavy atom. The van der Waals surface area contributed by atoms with Crippen LogP contribution in [0.15, 0.2) is 24.3 Å². The smallest absolute Gasteiger partial charge is 0.187 e. The monoisotopic (exact) mass is 264 g/mol. The molecular weight excluding hydrogens is 248 g/mol. The first-order valence-electron chi connectivity index (χ1n) is 6.52. The lowest BCUT2D eigenvalue weighted by Gasteiger charge is -2.24. The van der Waals surface area contributed by atoms with Crippen LogP contribution in [0.1, 0.15) is 5.56 Å². The quantitative estimate of drug-likeness (QED) is 0.762. The van der Waals surface area contributed by atoms with E-state index in [2.05, 4.69) is 0 Å². The van der Waals surface area contributed by atoms with Crippen LogP contribution in [0.5, 0.6) is 5.75 Å². The first-order chi connectivity index (χ1) is 9.35. The fraction of sp³-hybridized carbons (Fsp3) is 0.571. The highest BCUT2D eigenvalue weighted by molar-refractivity contribution is 5.26. The molecule has 5 heteroatoms. The molecule has 3 fully saturated rings. The van der Waals surface area contributed by atoms with Gasteiger partial charge in [0.2, 0.25) is 0 Å². The Labute approximate surface area is 111 Å². The molecule has 1 aromatic rings. The van der Waals surface area contributed by atoms with Gasteiger partial charge in [0, 0.05) is 0 Å². The number of epoxide rings is 1. The lowest BCUT2D eigenvalue weighted by atomic mass is 10.1. The lowest BCUT2D eigenvalue weighted by molar-refractivity contribution is -0.121. The molecule has 0 unspecified atom stereocenters. The van der Waals surface area contributed by atoms with E-state index >= 15 is 0 Å². The van der Waals surface area contributed by atoms with Gasteiger partial charge in [0.05, 0.1) is 20.3 Å². The topological polar surface area (TPSA) is 49.5 Å². The molecule has 5 atom stereocenters. The van der Waals surface area contributed by atoms with Gasteiger partial charge in [0.1, 0.15) is 30.2 Å². The molecule has 1 aromatic carbocycles. The van der Waals surface area contributed by atoms with E-state index in [0.717, 1.165) is 11.3 Å². The van der Waals surface area contributed by atoms with Crippen LogP contribution in [0, 0.1) is 0 Å². The van der Waals surface area contributed by atoms with Crippen molar-refractivity contribution in [1.29, 1.82) is 0 Å². The first-order valence-corrected chi connectivity index (χ1v) is 6.52. The van der Waals surface area contributed by atoms with Crippen LogP contribution in [0.4, 0.5) is 0 Å². The number of benzene rings is 1. The fourth-order valence-corrected chi connectivity index (χ4v) is 2.73. The van der Waals surface area contributed by atoms with Crippen LogP contribution in [0.3, 0.4) is 0 Å². The lowest BCUT2D eigenvalue weighted by Crippen LogP contribution is -2.41. The molecular formula is C14H16O5. The van der Waals surface area contributed by atoms with Gasteiger partial charge in [-0.15, -0.1) is 0 Å². The SMILES string of the molecule is COc1ccc(CO[C@H]2[C@@H]3O[C@@H]3[C@H]3OC[C@@H]2O3)cc1. The van der Waals surface area contributed by atoms with Crippen molar-refractivity contribution in [3.63, 3.8) is 0 Å². The van der Waals surface area contributed by atoms with E-state index in [0.29, 0.717) is 13.2 Å². The van der Waals surface area contributed by atoms with Crippen molar-refractivity contribution in [1.82, 2.24) is 0 Å². The Morgan fingerprint density at radius 3 is 2.79 bits per heavy atom. The second-order valence-corrected chi connectivity index (χ2v) is 5.07. The number of rotatable bonds is 4. The maximum atomic E-state index is 5.96. The van der Waals surface area contributed by atoms with Crippen LogP contribution in [-0.2, 0) is 25.6 Å². The zero-order chi connectivity index (χ0) is 12.8. The summed E-state index contributed by atoms with van der Waals surface area (Å²) in [6.45, 7) is 1.15. The van der Waals surface area contributed by atoms with E-state index in [-0.39, 0.29) is 30.7 Å². The van der Waals surface area contributed by atoms with Crippen LogP contribution < -0.4 is 4.74 Å². The summed E-state index contributed by atoms with van der Waals surface area (Å²) in [6, 6.07) is 7.87. The average molecular weight is 264 g/mol. The molecule has 4 rings (SSSR count). The van der Waals surface area contributed by atoms with Crippen LogP contribution in [0.2, 0.25) is 0 Å². The minimum absolute atomic E-state index is 0.00648. The predicted molar refractivity (Wildman–Crippen MR) is 64.8 cm³/mol. The normalized spacial score (nSPS) is 38.9.